The number of benzene rings is 3. The largest absolute Gasteiger partial charge is 0.485 e. The Labute approximate surface area is 240 Å². The van der Waals surface area contributed by atoms with Crippen LogP contribution in [0.1, 0.15) is 16.0 Å². The van der Waals surface area contributed by atoms with Gasteiger partial charge in [-0.15, -0.1) is 35.1 Å². The number of ether oxygens (including phenoxy) is 2. The predicted octanol–water partition coefficient (Wildman–Crippen LogP) is 6.78. The summed E-state index contributed by atoms with van der Waals surface area (Å²) in [4.78, 5) is 22.1. The molecule has 5 aromatic rings. The SMILES string of the molecule is Cl.O=C(Nc1sc2c(c1-c1nc3ccccc3s1)CCN(Cc1ccccc1)C2)C1COc2ccccc2O1. The lowest BCUT2D eigenvalue weighted by Gasteiger charge is -2.27. The van der Waals surface area contributed by atoms with Gasteiger partial charge in [0.2, 0.25) is 6.10 Å². The minimum atomic E-state index is -0.721. The molecule has 0 fully saturated rings. The summed E-state index contributed by atoms with van der Waals surface area (Å²) in [5.74, 6) is 1.05. The fourth-order valence-electron chi connectivity index (χ4n) is 5.07. The number of fused-ring (bicyclic) bond motifs is 3. The molecule has 1 N–H and O–H groups in total. The fraction of sp³-hybridized carbons (Fsp3) is 0.200. The third-order valence-corrected chi connectivity index (χ3v) is 9.12. The van der Waals surface area contributed by atoms with Gasteiger partial charge in [-0.1, -0.05) is 54.6 Å². The van der Waals surface area contributed by atoms with Crippen molar-refractivity contribution < 1.29 is 14.3 Å². The molecule has 2 aliphatic heterocycles. The van der Waals surface area contributed by atoms with Gasteiger partial charge in [0.1, 0.15) is 16.6 Å². The number of hydrogen-bond donors (Lipinski definition) is 1. The van der Waals surface area contributed by atoms with Gasteiger partial charge in [-0.25, -0.2) is 4.98 Å². The lowest BCUT2D eigenvalue weighted by molar-refractivity contribution is -0.125. The molecule has 2 aliphatic rings. The molecule has 1 unspecified atom stereocenters. The van der Waals surface area contributed by atoms with Crippen LogP contribution in [0.3, 0.4) is 0 Å². The number of aromatic nitrogens is 1. The standard InChI is InChI=1S/C30H25N3O3S2.ClH/c34-28(24-18-35-22-11-5-6-12-23(22)36-24)32-30-27(29-31-21-10-4-7-13-25(21)37-29)20-14-15-33(17-26(20)38-30)16-19-8-2-1-3-9-19;/h1-13,24H,14-18H2,(H,32,34);1H. The normalized spacial score (nSPS) is 16.4. The lowest BCUT2D eigenvalue weighted by Crippen LogP contribution is -2.40. The molecule has 0 spiro atoms. The Morgan fingerprint density at radius 3 is 2.59 bits per heavy atom. The number of halogens is 1. The third kappa shape index (κ3) is 5.13. The van der Waals surface area contributed by atoms with E-state index in [0.29, 0.717) is 11.5 Å². The van der Waals surface area contributed by atoms with Crippen LogP contribution in [-0.2, 0) is 24.3 Å². The molecule has 2 aromatic heterocycles. The minimum Gasteiger partial charge on any atom is -0.485 e. The molecule has 0 radical (unpaired) electrons. The summed E-state index contributed by atoms with van der Waals surface area (Å²) in [6, 6.07) is 26.2. The Morgan fingerprint density at radius 2 is 1.74 bits per heavy atom. The van der Waals surface area contributed by atoms with Gasteiger partial charge in [0.05, 0.1) is 10.2 Å². The van der Waals surface area contributed by atoms with Gasteiger partial charge < -0.3 is 14.8 Å². The predicted molar refractivity (Wildman–Crippen MR) is 159 cm³/mol. The highest BCUT2D eigenvalue weighted by Crippen LogP contribution is 2.46. The van der Waals surface area contributed by atoms with Crippen molar-refractivity contribution in [1.29, 1.82) is 0 Å². The molecule has 198 valence electrons. The summed E-state index contributed by atoms with van der Waals surface area (Å²) in [6.07, 6.45) is 0.192. The van der Waals surface area contributed by atoms with Crippen LogP contribution in [0.4, 0.5) is 5.00 Å². The third-order valence-electron chi connectivity index (χ3n) is 6.93. The van der Waals surface area contributed by atoms with Crippen molar-refractivity contribution in [3.8, 4) is 22.1 Å². The van der Waals surface area contributed by atoms with Gasteiger partial charge in [0.15, 0.2) is 11.5 Å². The molecule has 1 amide bonds. The van der Waals surface area contributed by atoms with Crippen LogP contribution in [0.15, 0.2) is 78.9 Å². The van der Waals surface area contributed by atoms with Gasteiger partial charge in [0.25, 0.3) is 5.91 Å². The van der Waals surface area contributed by atoms with E-state index in [0.717, 1.165) is 51.8 Å². The van der Waals surface area contributed by atoms with Crippen molar-refractivity contribution in [2.75, 3.05) is 18.5 Å². The molecule has 6 nitrogen and oxygen atoms in total. The number of anilines is 1. The molecule has 0 bridgehead atoms. The highest BCUT2D eigenvalue weighted by molar-refractivity contribution is 7.22. The van der Waals surface area contributed by atoms with Gasteiger partial charge in [-0.3, -0.25) is 9.69 Å². The van der Waals surface area contributed by atoms with E-state index in [1.165, 1.54) is 16.0 Å². The zero-order valence-corrected chi connectivity index (χ0v) is 23.4. The maximum absolute atomic E-state index is 13.4. The summed E-state index contributed by atoms with van der Waals surface area (Å²) >= 11 is 3.33. The second-order valence-corrected chi connectivity index (χ2v) is 11.6. The van der Waals surface area contributed by atoms with Crippen LogP contribution < -0.4 is 14.8 Å². The van der Waals surface area contributed by atoms with Crippen LogP contribution in [0, 0.1) is 0 Å². The topological polar surface area (TPSA) is 63.7 Å². The second-order valence-electron chi connectivity index (χ2n) is 9.49. The summed E-state index contributed by atoms with van der Waals surface area (Å²) in [5, 5.41) is 4.98. The highest BCUT2D eigenvalue weighted by Gasteiger charge is 2.31. The number of hydrogen-bond acceptors (Lipinski definition) is 7. The number of thiazole rings is 1. The van der Waals surface area contributed by atoms with Crippen molar-refractivity contribution in [3.05, 3.63) is 94.9 Å². The number of nitrogens with one attached hydrogen (secondary N) is 1. The first-order valence-electron chi connectivity index (χ1n) is 12.7. The molecule has 39 heavy (non-hydrogen) atoms. The number of carbonyl (C=O) groups is 1. The van der Waals surface area contributed by atoms with Gasteiger partial charge in [-0.2, -0.15) is 0 Å². The molecule has 4 heterocycles. The van der Waals surface area contributed by atoms with Crippen LogP contribution in [-0.4, -0.2) is 35.0 Å². The number of amides is 1. The first-order valence-corrected chi connectivity index (χ1v) is 14.3. The van der Waals surface area contributed by atoms with E-state index in [-0.39, 0.29) is 24.9 Å². The molecule has 0 aliphatic carbocycles. The van der Waals surface area contributed by atoms with E-state index in [2.05, 4.69) is 46.6 Å². The maximum atomic E-state index is 13.4. The average Bonchev–Trinajstić information content (AvgIpc) is 3.53. The molecular formula is C30H26ClN3O3S2. The smallest absolute Gasteiger partial charge is 0.269 e. The Morgan fingerprint density at radius 1 is 0.974 bits per heavy atom. The number of thiophene rings is 1. The zero-order valence-electron chi connectivity index (χ0n) is 21.0. The highest BCUT2D eigenvalue weighted by atomic mass is 35.5. The van der Waals surface area contributed by atoms with Gasteiger partial charge in [0, 0.05) is 30.1 Å². The van der Waals surface area contributed by atoms with Gasteiger partial charge in [-0.05, 0) is 41.8 Å². The van der Waals surface area contributed by atoms with Crippen molar-refractivity contribution in [2.24, 2.45) is 0 Å². The molecule has 1 atom stereocenters. The van der Waals surface area contributed by atoms with Crippen molar-refractivity contribution >= 4 is 56.2 Å². The summed E-state index contributed by atoms with van der Waals surface area (Å²) in [5.41, 5.74) is 4.63. The second kappa shape index (κ2) is 11.0. The number of nitrogens with zero attached hydrogens (tertiary/aromatic N) is 2. The van der Waals surface area contributed by atoms with E-state index < -0.39 is 6.10 Å². The fourth-order valence-corrected chi connectivity index (χ4v) is 7.47. The van der Waals surface area contributed by atoms with E-state index in [1.807, 2.05) is 42.5 Å². The molecular weight excluding hydrogens is 550 g/mol. The Hall–Kier alpha value is -3.43. The molecule has 0 saturated heterocycles. The summed E-state index contributed by atoms with van der Waals surface area (Å²) in [7, 11) is 0. The molecule has 7 rings (SSSR count). The number of para-hydroxylation sites is 3. The molecule has 3 aromatic carbocycles. The van der Waals surface area contributed by atoms with Gasteiger partial charge >= 0.3 is 0 Å². The van der Waals surface area contributed by atoms with Crippen LogP contribution in [0.2, 0.25) is 0 Å². The molecule has 9 heteroatoms. The Kier molecular flexibility index (Phi) is 7.27. The van der Waals surface area contributed by atoms with E-state index >= 15 is 0 Å². The zero-order chi connectivity index (χ0) is 25.5. The van der Waals surface area contributed by atoms with Crippen LogP contribution >= 0.6 is 35.1 Å². The summed E-state index contributed by atoms with van der Waals surface area (Å²) in [6.45, 7) is 2.89. The minimum absolute atomic E-state index is 0. The van der Waals surface area contributed by atoms with Crippen molar-refractivity contribution in [2.45, 2.75) is 25.6 Å². The van der Waals surface area contributed by atoms with Crippen molar-refractivity contribution in [3.63, 3.8) is 0 Å². The lowest BCUT2D eigenvalue weighted by atomic mass is 10.0. The quantitative estimate of drug-likeness (QED) is 0.250. The first-order chi connectivity index (χ1) is 18.7. The average molecular weight is 576 g/mol. The number of rotatable bonds is 5. The first kappa shape index (κ1) is 25.8. The van der Waals surface area contributed by atoms with E-state index in [4.69, 9.17) is 14.5 Å². The van der Waals surface area contributed by atoms with E-state index in [1.54, 1.807) is 22.7 Å². The monoisotopic (exact) mass is 575 g/mol. The van der Waals surface area contributed by atoms with Crippen LogP contribution in [0.5, 0.6) is 11.5 Å². The Balaban J connectivity index is 0.00000277. The molecule has 0 saturated carbocycles. The summed E-state index contributed by atoms with van der Waals surface area (Å²) < 4.78 is 12.9. The Bertz CT molecular complexity index is 1600. The van der Waals surface area contributed by atoms with Crippen molar-refractivity contribution in [1.82, 2.24) is 9.88 Å². The maximum Gasteiger partial charge on any atom is 0.269 e. The number of carbonyl (C=O) groups excluding carboxylic acids is 1. The van der Waals surface area contributed by atoms with E-state index in [9.17, 15) is 4.79 Å². The van der Waals surface area contributed by atoms with Crippen LogP contribution in [0.25, 0.3) is 20.8 Å².